The molecule has 4 rings (SSSR count). The fourth-order valence-electron chi connectivity index (χ4n) is 3.35. The van der Waals surface area contributed by atoms with E-state index in [1.807, 2.05) is 25.1 Å². The Hall–Kier alpha value is -2.83. The third kappa shape index (κ3) is 4.83. The summed E-state index contributed by atoms with van der Waals surface area (Å²) in [6.07, 6.45) is 2.39. The zero-order valence-electron chi connectivity index (χ0n) is 16.5. The molecular weight excluding hydrogens is 421 g/mol. The van der Waals surface area contributed by atoms with Crippen molar-refractivity contribution in [3.63, 3.8) is 0 Å². The van der Waals surface area contributed by atoms with Crippen molar-refractivity contribution in [2.75, 3.05) is 28.6 Å². The molecule has 1 amide bonds. The molecule has 2 N–H and O–H groups in total. The molecule has 30 heavy (non-hydrogen) atoms. The molecule has 0 radical (unpaired) electrons. The highest BCUT2D eigenvalue weighted by atomic mass is 35.5. The molecule has 1 aromatic heterocycles. The number of amides is 1. The van der Waals surface area contributed by atoms with E-state index in [4.69, 9.17) is 23.2 Å². The molecule has 154 valence electrons. The number of aromatic nitrogens is 2. The lowest BCUT2D eigenvalue weighted by Gasteiger charge is -2.17. The van der Waals surface area contributed by atoms with Crippen molar-refractivity contribution in [1.82, 2.24) is 9.97 Å². The van der Waals surface area contributed by atoms with Gasteiger partial charge in [-0.05, 0) is 62.2 Å². The number of nitrogens with one attached hydrogen (secondary N) is 2. The second-order valence-corrected chi connectivity index (χ2v) is 8.01. The monoisotopic (exact) mass is 441 g/mol. The SMILES string of the molecule is Cc1cc(N2CCCC2)nc(Nc2ccc(NC(=O)c3cc(Cl)ccc3Cl)cc2)n1. The van der Waals surface area contributed by atoms with Crippen molar-refractivity contribution in [1.29, 1.82) is 0 Å². The van der Waals surface area contributed by atoms with E-state index < -0.39 is 0 Å². The van der Waals surface area contributed by atoms with Crippen LogP contribution in [-0.2, 0) is 0 Å². The van der Waals surface area contributed by atoms with E-state index in [2.05, 4.69) is 25.5 Å². The molecule has 1 saturated heterocycles. The lowest BCUT2D eigenvalue weighted by atomic mass is 10.2. The molecular formula is C22H21Cl2N5O. The van der Waals surface area contributed by atoms with E-state index in [1.54, 1.807) is 30.3 Å². The van der Waals surface area contributed by atoms with E-state index in [0.29, 0.717) is 27.2 Å². The Morgan fingerprint density at radius 1 is 0.967 bits per heavy atom. The van der Waals surface area contributed by atoms with Crippen molar-refractivity contribution < 1.29 is 4.79 Å². The van der Waals surface area contributed by atoms with Crippen molar-refractivity contribution in [3.05, 3.63) is 69.8 Å². The first-order chi connectivity index (χ1) is 14.5. The summed E-state index contributed by atoms with van der Waals surface area (Å²) in [4.78, 5) is 23.9. The van der Waals surface area contributed by atoms with Crippen LogP contribution in [0.15, 0.2) is 48.5 Å². The van der Waals surface area contributed by atoms with Gasteiger partial charge >= 0.3 is 0 Å². The maximum Gasteiger partial charge on any atom is 0.257 e. The van der Waals surface area contributed by atoms with Crippen molar-refractivity contribution in [2.45, 2.75) is 19.8 Å². The predicted octanol–water partition coefficient (Wildman–Crippen LogP) is 5.69. The molecule has 8 heteroatoms. The lowest BCUT2D eigenvalue weighted by molar-refractivity contribution is 0.102. The molecule has 1 aliphatic heterocycles. The zero-order valence-corrected chi connectivity index (χ0v) is 18.0. The van der Waals surface area contributed by atoms with Gasteiger partial charge in [-0.3, -0.25) is 4.79 Å². The van der Waals surface area contributed by atoms with E-state index in [0.717, 1.165) is 30.3 Å². The van der Waals surface area contributed by atoms with Gasteiger partial charge in [0.25, 0.3) is 5.91 Å². The minimum absolute atomic E-state index is 0.319. The summed E-state index contributed by atoms with van der Waals surface area (Å²) in [6, 6.07) is 14.1. The van der Waals surface area contributed by atoms with Crippen LogP contribution in [0.2, 0.25) is 10.0 Å². The average Bonchev–Trinajstić information content (AvgIpc) is 3.26. The Balaban J connectivity index is 1.45. The van der Waals surface area contributed by atoms with Crippen LogP contribution in [0.4, 0.5) is 23.1 Å². The van der Waals surface area contributed by atoms with Crippen molar-refractivity contribution in [2.24, 2.45) is 0 Å². The summed E-state index contributed by atoms with van der Waals surface area (Å²) in [5, 5.41) is 6.86. The molecule has 0 unspecified atom stereocenters. The van der Waals surface area contributed by atoms with Gasteiger partial charge in [0, 0.05) is 41.2 Å². The normalized spacial score (nSPS) is 13.4. The molecule has 2 aromatic carbocycles. The molecule has 0 spiro atoms. The highest BCUT2D eigenvalue weighted by Gasteiger charge is 2.15. The van der Waals surface area contributed by atoms with Crippen LogP contribution in [0.5, 0.6) is 0 Å². The number of halogens is 2. The summed E-state index contributed by atoms with van der Waals surface area (Å²) in [7, 11) is 0. The Morgan fingerprint density at radius 3 is 2.40 bits per heavy atom. The summed E-state index contributed by atoms with van der Waals surface area (Å²) >= 11 is 12.1. The summed E-state index contributed by atoms with van der Waals surface area (Å²) < 4.78 is 0. The molecule has 0 aliphatic carbocycles. The van der Waals surface area contributed by atoms with Gasteiger partial charge < -0.3 is 15.5 Å². The number of benzene rings is 2. The highest BCUT2D eigenvalue weighted by Crippen LogP contribution is 2.24. The number of hydrogen-bond donors (Lipinski definition) is 2. The fraction of sp³-hybridized carbons (Fsp3) is 0.227. The summed E-state index contributed by atoms with van der Waals surface area (Å²) in [5.41, 5.74) is 2.71. The van der Waals surface area contributed by atoms with Crippen molar-refractivity contribution in [3.8, 4) is 0 Å². The first-order valence-corrected chi connectivity index (χ1v) is 10.5. The van der Waals surface area contributed by atoms with Crippen LogP contribution in [-0.4, -0.2) is 29.0 Å². The maximum absolute atomic E-state index is 12.5. The third-order valence-corrected chi connectivity index (χ3v) is 5.41. The van der Waals surface area contributed by atoms with Gasteiger partial charge in [-0.25, -0.2) is 4.98 Å². The summed E-state index contributed by atoms with van der Waals surface area (Å²) in [5.74, 6) is 1.18. The number of carbonyl (C=O) groups is 1. The number of anilines is 4. The molecule has 0 atom stereocenters. The number of carbonyl (C=O) groups excluding carboxylic acids is 1. The van der Waals surface area contributed by atoms with Gasteiger partial charge in [0.2, 0.25) is 5.95 Å². The van der Waals surface area contributed by atoms with Gasteiger partial charge in [-0.1, -0.05) is 23.2 Å². The van der Waals surface area contributed by atoms with E-state index in [9.17, 15) is 4.79 Å². The van der Waals surface area contributed by atoms with Gasteiger partial charge in [0.05, 0.1) is 10.6 Å². The standard InChI is InChI=1S/C22H21Cl2N5O/c1-14-12-20(29-10-2-3-11-29)28-22(25-14)27-17-7-5-16(6-8-17)26-21(30)18-13-15(23)4-9-19(18)24/h4-9,12-13H,2-3,10-11H2,1H3,(H,26,30)(H,25,27,28). The van der Waals surface area contributed by atoms with E-state index >= 15 is 0 Å². The Kier molecular flexibility index (Phi) is 6.06. The quantitative estimate of drug-likeness (QED) is 0.532. The third-order valence-electron chi connectivity index (χ3n) is 4.84. The molecule has 2 heterocycles. The molecule has 6 nitrogen and oxygen atoms in total. The molecule has 0 saturated carbocycles. The fourth-order valence-corrected chi connectivity index (χ4v) is 3.73. The van der Waals surface area contributed by atoms with E-state index in [1.165, 1.54) is 12.8 Å². The molecule has 1 fully saturated rings. The van der Waals surface area contributed by atoms with Crippen LogP contribution in [0.1, 0.15) is 28.9 Å². The number of aryl methyl sites for hydroxylation is 1. The van der Waals surface area contributed by atoms with Crippen LogP contribution in [0.3, 0.4) is 0 Å². The predicted molar refractivity (Wildman–Crippen MR) is 122 cm³/mol. The first-order valence-electron chi connectivity index (χ1n) is 9.72. The van der Waals surface area contributed by atoms with Gasteiger partial charge in [-0.2, -0.15) is 4.98 Å². The lowest BCUT2D eigenvalue weighted by Crippen LogP contribution is -2.19. The van der Waals surface area contributed by atoms with Crippen LogP contribution >= 0.6 is 23.2 Å². The zero-order chi connectivity index (χ0) is 21.1. The molecule has 3 aromatic rings. The number of nitrogens with zero attached hydrogens (tertiary/aromatic N) is 3. The molecule has 0 bridgehead atoms. The maximum atomic E-state index is 12.5. The van der Waals surface area contributed by atoms with Gasteiger partial charge in [-0.15, -0.1) is 0 Å². The smallest absolute Gasteiger partial charge is 0.257 e. The van der Waals surface area contributed by atoms with Gasteiger partial charge in [0.1, 0.15) is 5.82 Å². The highest BCUT2D eigenvalue weighted by molar-refractivity contribution is 6.36. The average molecular weight is 442 g/mol. The van der Waals surface area contributed by atoms with E-state index in [-0.39, 0.29) is 5.91 Å². The van der Waals surface area contributed by atoms with Crippen molar-refractivity contribution >= 4 is 52.3 Å². The Morgan fingerprint density at radius 2 is 1.67 bits per heavy atom. The van der Waals surface area contributed by atoms with Crippen LogP contribution in [0, 0.1) is 6.92 Å². The largest absolute Gasteiger partial charge is 0.356 e. The summed E-state index contributed by atoms with van der Waals surface area (Å²) in [6.45, 7) is 4.02. The molecule has 1 aliphatic rings. The second-order valence-electron chi connectivity index (χ2n) is 7.17. The number of hydrogen-bond acceptors (Lipinski definition) is 5. The number of rotatable bonds is 5. The van der Waals surface area contributed by atoms with Crippen LogP contribution < -0.4 is 15.5 Å². The van der Waals surface area contributed by atoms with Crippen LogP contribution in [0.25, 0.3) is 0 Å². The minimum atomic E-state index is -0.319. The topological polar surface area (TPSA) is 70.2 Å². The van der Waals surface area contributed by atoms with Gasteiger partial charge in [0.15, 0.2) is 0 Å². The Bertz CT molecular complexity index is 1070. The first kappa shape index (κ1) is 20.4. The minimum Gasteiger partial charge on any atom is -0.356 e. The Labute approximate surface area is 185 Å². The second kappa shape index (κ2) is 8.90.